The van der Waals surface area contributed by atoms with Crippen molar-refractivity contribution in [2.24, 2.45) is 0 Å². The lowest BCUT2D eigenvalue weighted by Gasteiger charge is -2.34. The van der Waals surface area contributed by atoms with Crippen molar-refractivity contribution in [3.63, 3.8) is 0 Å². The number of carbonyl (C=O) groups excluding carboxylic acids is 2. The van der Waals surface area contributed by atoms with Crippen molar-refractivity contribution in [2.75, 3.05) is 13.1 Å². The van der Waals surface area contributed by atoms with Crippen LogP contribution in [-0.2, 0) is 16.1 Å². The highest BCUT2D eigenvalue weighted by Gasteiger charge is 2.37. The van der Waals surface area contributed by atoms with E-state index in [1.807, 2.05) is 17.0 Å². The molecule has 0 aliphatic carbocycles. The Labute approximate surface area is 118 Å². The molecule has 1 atom stereocenters. The molecule has 0 bridgehead atoms. The lowest BCUT2D eigenvalue weighted by atomic mass is 10.0. The van der Waals surface area contributed by atoms with Crippen molar-refractivity contribution in [1.29, 1.82) is 0 Å². The Bertz CT molecular complexity index is 503. The molecule has 106 valence electrons. The number of hydrogen-bond donors (Lipinski definition) is 0. The minimum atomic E-state index is -0.236. The molecule has 3 heterocycles. The molecule has 2 aliphatic heterocycles. The summed E-state index contributed by atoms with van der Waals surface area (Å²) >= 11 is 0. The number of amides is 2. The Morgan fingerprint density at radius 3 is 2.75 bits per heavy atom. The first-order valence-corrected chi connectivity index (χ1v) is 7.23. The molecule has 3 rings (SSSR count). The third-order valence-corrected chi connectivity index (χ3v) is 4.14. The second kappa shape index (κ2) is 5.61. The second-order valence-electron chi connectivity index (χ2n) is 5.46. The van der Waals surface area contributed by atoms with E-state index in [-0.39, 0.29) is 17.9 Å². The van der Waals surface area contributed by atoms with E-state index in [0.29, 0.717) is 19.5 Å². The van der Waals surface area contributed by atoms with Gasteiger partial charge in [0.25, 0.3) is 0 Å². The molecular formula is C15H19N3O2. The topological polar surface area (TPSA) is 53.5 Å². The van der Waals surface area contributed by atoms with Crippen LogP contribution in [0, 0.1) is 0 Å². The summed E-state index contributed by atoms with van der Waals surface area (Å²) in [6, 6.07) is 3.60. The predicted octanol–water partition coefficient (Wildman–Crippen LogP) is 1.19. The number of rotatable bonds is 2. The van der Waals surface area contributed by atoms with Crippen LogP contribution in [0.4, 0.5) is 0 Å². The quantitative estimate of drug-likeness (QED) is 0.813. The minimum Gasteiger partial charge on any atom is -0.336 e. The molecule has 1 aromatic heterocycles. The standard InChI is InChI=1S/C15H19N3O2/c19-14-6-10-17(11-12-4-7-16-8-5-12)15(20)13-3-1-2-9-18(13)14/h4-5,7-8,13H,1-3,6,9-11H2. The van der Waals surface area contributed by atoms with Crippen molar-refractivity contribution in [3.8, 4) is 0 Å². The summed E-state index contributed by atoms with van der Waals surface area (Å²) in [6.45, 7) is 1.82. The van der Waals surface area contributed by atoms with E-state index in [9.17, 15) is 9.59 Å². The van der Waals surface area contributed by atoms with Crippen LogP contribution in [-0.4, -0.2) is 45.7 Å². The Hall–Kier alpha value is -1.91. The third-order valence-electron chi connectivity index (χ3n) is 4.14. The highest BCUT2D eigenvalue weighted by Crippen LogP contribution is 2.23. The number of carbonyl (C=O) groups is 2. The minimum absolute atomic E-state index is 0.104. The van der Waals surface area contributed by atoms with Crippen LogP contribution < -0.4 is 0 Å². The Morgan fingerprint density at radius 2 is 1.95 bits per heavy atom. The number of pyridine rings is 1. The van der Waals surface area contributed by atoms with Gasteiger partial charge >= 0.3 is 0 Å². The maximum Gasteiger partial charge on any atom is 0.245 e. The summed E-state index contributed by atoms with van der Waals surface area (Å²) in [5, 5.41) is 0. The van der Waals surface area contributed by atoms with Crippen molar-refractivity contribution in [3.05, 3.63) is 30.1 Å². The molecule has 2 amide bonds. The van der Waals surface area contributed by atoms with Gasteiger partial charge in [0, 0.05) is 38.4 Å². The molecule has 1 unspecified atom stereocenters. The first-order valence-electron chi connectivity index (χ1n) is 7.23. The monoisotopic (exact) mass is 273 g/mol. The molecule has 2 saturated heterocycles. The molecule has 0 N–H and O–H groups in total. The zero-order chi connectivity index (χ0) is 13.9. The molecule has 0 aromatic carbocycles. The van der Waals surface area contributed by atoms with Gasteiger partial charge in [-0.2, -0.15) is 0 Å². The second-order valence-corrected chi connectivity index (χ2v) is 5.46. The van der Waals surface area contributed by atoms with Crippen LogP contribution in [0.3, 0.4) is 0 Å². The van der Waals surface area contributed by atoms with Gasteiger partial charge in [-0.3, -0.25) is 14.6 Å². The average molecular weight is 273 g/mol. The summed E-state index contributed by atoms with van der Waals surface area (Å²) in [6.07, 6.45) is 6.75. The number of hydrogen-bond acceptors (Lipinski definition) is 3. The van der Waals surface area contributed by atoms with Gasteiger partial charge in [0.05, 0.1) is 0 Å². The Morgan fingerprint density at radius 1 is 1.15 bits per heavy atom. The van der Waals surface area contributed by atoms with Gasteiger partial charge in [0.1, 0.15) is 6.04 Å². The number of aromatic nitrogens is 1. The van der Waals surface area contributed by atoms with Gasteiger partial charge in [-0.1, -0.05) is 0 Å². The first-order chi connectivity index (χ1) is 9.75. The Balaban J connectivity index is 1.78. The first kappa shape index (κ1) is 13.1. The van der Waals surface area contributed by atoms with Gasteiger partial charge in [-0.25, -0.2) is 0 Å². The largest absolute Gasteiger partial charge is 0.336 e. The van der Waals surface area contributed by atoms with Crippen LogP contribution in [0.1, 0.15) is 31.2 Å². The average Bonchev–Trinajstić information content (AvgIpc) is 2.61. The number of piperidine rings is 1. The maximum absolute atomic E-state index is 12.6. The third kappa shape index (κ3) is 2.53. The van der Waals surface area contributed by atoms with Crippen molar-refractivity contribution in [2.45, 2.75) is 38.3 Å². The van der Waals surface area contributed by atoms with Gasteiger partial charge < -0.3 is 9.80 Å². The SMILES string of the molecule is O=C1C2CCCCN2C(=O)CCN1Cc1ccncc1. The highest BCUT2D eigenvalue weighted by molar-refractivity contribution is 5.90. The van der Waals surface area contributed by atoms with Crippen LogP contribution in [0.5, 0.6) is 0 Å². The van der Waals surface area contributed by atoms with E-state index < -0.39 is 0 Å². The van der Waals surface area contributed by atoms with Crippen LogP contribution in [0.25, 0.3) is 0 Å². The smallest absolute Gasteiger partial charge is 0.245 e. The lowest BCUT2D eigenvalue weighted by Crippen LogP contribution is -2.49. The molecular weight excluding hydrogens is 254 g/mol. The maximum atomic E-state index is 12.6. The molecule has 5 nitrogen and oxygen atoms in total. The predicted molar refractivity (Wildman–Crippen MR) is 73.6 cm³/mol. The summed E-state index contributed by atoms with van der Waals surface area (Å²) in [4.78, 5) is 32.4. The van der Waals surface area contributed by atoms with E-state index in [0.717, 1.165) is 31.4 Å². The zero-order valence-corrected chi connectivity index (χ0v) is 11.5. The van der Waals surface area contributed by atoms with Gasteiger partial charge in [-0.15, -0.1) is 0 Å². The summed E-state index contributed by atoms with van der Waals surface area (Å²) in [7, 11) is 0. The zero-order valence-electron chi connectivity index (χ0n) is 11.5. The molecule has 0 radical (unpaired) electrons. The fraction of sp³-hybridized carbons (Fsp3) is 0.533. The lowest BCUT2D eigenvalue weighted by molar-refractivity contribution is -0.143. The highest BCUT2D eigenvalue weighted by atomic mass is 16.2. The molecule has 1 aromatic rings. The van der Waals surface area contributed by atoms with Gasteiger partial charge in [-0.05, 0) is 37.0 Å². The molecule has 0 saturated carbocycles. The van der Waals surface area contributed by atoms with Crippen LogP contribution in [0.2, 0.25) is 0 Å². The summed E-state index contributed by atoms with van der Waals surface area (Å²) in [5.74, 6) is 0.229. The Kier molecular flexibility index (Phi) is 3.67. The fourth-order valence-corrected chi connectivity index (χ4v) is 3.05. The molecule has 0 spiro atoms. The van der Waals surface area contributed by atoms with Crippen molar-refractivity contribution in [1.82, 2.24) is 14.8 Å². The van der Waals surface area contributed by atoms with Gasteiger partial charge in [0.15, 0.2) is 0 Å². The van der Waals surface area contributed by atoms with E-state index in [4.69, 9.17) is 0 Å². The number of fused-ring (bicyclic) bond motifs is 1. The van der Waals surface area contributed by atoms with E-state index in [1.54, 1.807) is 17.3 Å². The summed E-state index contributed by atoms with van der Waals surface area (Å²) in [5.41, 5.74) is 1.06. The number of nitrogens with zero attached hydrogens (tertiary/aromatic N) is 3. The van der Waals surface area contributed by atoms with E-state index in [1.165, 1.54) is 0 Å². The molecule has 20 heavy (non-hydrogen) atoms. The molecule has 2 fully saturated rings. The fourth-order valence-electron chi connectivity index (χ4n) is 3.05. The summed E-state index contributed by atoms with van der Waals surface area (Å²) < 4.78 is 0. The van der Waals surface area contributed by atoms with Crippen LogP contribution in [0.15, 0.2) is 24.5 Å². The molecule has 2 aliphatic rings. The molecule has 5 heteroatoms. The van der Waals surface area contributed by atoms with E-state index >= 15 is 0 Å². The van der Waals surface area contributed by atoms with Gasteiger partial charge in [0.2, 0.25) is 11.8 Å². The van der Waals surface area contributed by atoms with Crippen molar-refractivity contribution >= 4 is 11.8 Å². The van der Waals surface area contributed by atoms with Crippen LogP contribution >= 0.6 is 0 Å². The normalized spacial score (nSPS) is 23.5. The van der Waals surface area contributed by atoms with E-state index in [2.05, 4.69) is 4.98 Å². The van der Waals surface area contributed by atoms with Crippen molar-refractivity contribution < 1.29 is 9.59 Å².